The summed E-state index contributed by atoms with van der Waals surface area (Å²) in [5.41, 5.74) is 6.09. The molecule has 1 saturated heterocycles. The van der Waals surface area contributed by atoms with Crippen LogP contribution in [0.5, 0.6) is 0 Å². The molecule has 2 atom stereocenters. The largest absolute Gasteiger partial charge is 0.336 e. The minimum absolute atomic E-state index is 0.0737. The maximum atomic E-state index is 12.8. The standard InChI is InChI=1S/C17H22N4O3/c1-3-20-14-5-4-12(7-13(14)19-15(22)17(20)24)16(23)21-9-11(8-18)6-10(21)2/h4-5,7,10-11H,3,6,8-9,18H2,1-2H3,(H,19,22). The Kier molecular flexibility index (Phi) is 4.28. The van der Waals surface area contributed by atoms with Crippen LogP contribution in [0.4, 0.5) is 0 Å². The number of aromatic nitrogens is 2. The average Bonchev–Trinajstić information content (AvgIpc) is 2.96. The Morgan fingerprint density at radius 3 is 2.75 bits per heavy atom. The van der Waals surface area contributed by atoms with E-state index in [9.17, 15) is 14.4 Å². The van der Waals surface area contributed by atoms with Crippen LogP contribution in [0.1, 0.15) is 30.6 Å². The topological polar surface area (TPSA) is 101 Å². The van der Waals surface area contributed by atoms with E-state index < -0.39 is 11.1 Å². The highest BCUT2D eigenvalue weighted by Gasteiger charge is 2.32. The summed E-state index contributed by atoms with van der Waals surface area (Å²) in [5.74, 6) is 0.255. The lowest BCUT2D eigenvalue weighted by Gasteiger charge is -2.22. The van der Waals surface area contributed by atoms with Crippen LogP contribution in [-0.4, -0.2) is 39.5 Å². The number of carbonyl (C=O) groups is 1. The summed E-state index contributed by atoms with van der Waals surface area (Å²) in [4.78, 5) is 40.9. The van der Waals surface area contributed by atoms with Gasteiger partial charge in [0, 0.05) is 24.7 Å². The number of carbonyl (C=O) groups excluding carboxylic acids is 1. The SMILES string of the molecule is CCn1c(=O)c(=O)[nH]c2cc(C(=O)N3CC(CN)CC3C)ccc21. The first-order valence-electron chi connectivity index (χ1n) is 8.24. The molecule has 1 aliphatic rings. The van der Waals surface area contributed by atoms with Crippen molar-refractivity contribution in [1.29, 1.82) is 0 Å². The van der Waals surface area contributed by atoms with E-state index >= 15 is 0 Å². The van der Waals surface area contributed by atoms with Gasteiger partial charge in [0.2, 0.25) is 0 Å². The smallest absolute Gasteiger partial charge is 0.316 e. The van der Waals surface area contributed by atoms with Gasteiger partial charge in [-0.05, 0) is 50.9 Å². The molecule has 24 heavy (non-hydrogen) atoms. The van der Waals surface area contributed by atoms with Crippen LogP contribution in [0.2, 0.25) is 0 Å². The predicted molar refractivity (Wildman–Crippen MR) is 92.2 cm³/mol. The number of nitrogens with zero attached hydrogens (tertiary/aromatic N) is 2. The minimum Gasteiger partial charge on any atom is -0.336 e. The van der Waals surface area contributed by atoms with Crippen molar-refractivity contribution in [3.63, 3.8) is 0 Å². The number of likely N-dealkylation sites (tertiary alicyclic amines) is 1. The van der Waals surface area contributed by atoms with E-state index in [0.29, 0.717) is 42.1 Å². The molecular weight excluding hydrogens is 308 g/mol. The molecule has 3 N–H and O–H groups in total. The zero-order chi connectivity index (χ0) is 17.4. The molecule has 0 aliphatic carbocycles. The lowest BCUT2D eigenvalue weighted by atomic mass is 10.1. The third-order valence-corrected chi connectivity index (χ3v) is 4.79. The lowest BCUT2D eigenvalue weighted by molar-refractivity contribution is 0.0743. The van der Waals surface area contributed by atoms with Crippen molar-refractivity contribution in [2.45, 2.75) is 32.9 Å². The summed E-state index contributed by atoms with van der Waals surface area (Å²) in [6, 6.07) is 5.21. The van der Waals surface area contributed by atoms with Crippen LogP contribution in [0.3, 0.4) is 0 Å². The summed E-state index contributed by atoms with van der Waals surface area (Å²) in [6.07, 6.45) is 0.905. The molecule has 1 aromatic carbocycles. The highest BCUT2D eigenvalue weighted by molar-refractivity contribution is 5.97. The molecule has 128 valence electrons. The Balaban J connectivity index is 2.02. The van der Waals surface area contributed by atoms with E-state index in [1.807, 2.05) is 11.8 Å². The summed E-state index contributed by atoms with van der Waals surface area (Å²) >= 11 is 0. The molecular formula is C17H22N4O3. The quantitative estimate of drug-likeness (QED) is 0.801. The fraction of sp³-hybridized carbons (Fsp3) is 0.471. The zero-order valence-electron chi connectivity index (χ0n) is 13.9. The number of amides is 1. The number of rotatable bonds is 3. The average molecular weight is 330 g/mol. The van der Waals surface area contributed by atoms with E-state index in [1.165, 1.54) is 4.57 Å². The van der Waals surface area contributed by atoms with Crippen LogP contribution < -0.4 is 16.9 Å². The van der Waals surface area contributed by atoms with Crippen molar-refractivity contribution < 1.29 is 4.79 Å². The van der Waals surface area contributed by atoms with Crippen LogP contribution in [0, 0.1) is 5.92 Å². The maximum absolute atomic E-state index is 12.8. The van der Waals surface area contributed by atoms with E-state index in [2.05, 4.69) is 4.98 Å². The molecule has 3 rings (SSSR count). The number of nitrogens with one attached hydrogen (secondary N) is 1. The normalized spacial score (nSPS) is 20.7. The number of hydrogen-bond acceptors (Lipinski definition) is 4. The van der Waals surface area contributed by atoms with Crippen molar-refractivity contribution in [2.75, 3.05) is 13.1 Å². The number of nitrogens with two attached hydrogens (primary N) is 1. The van der Waals surface area contributed by atoms with Crippen molar-refractivity contribution >= 4 is 16.9 Å². The van der Waals surface area contributed by atoms with Gasteiger partial charge in [-0.2, -0.15) is 0 Å². The van der Waals surface area contributed by atoms with Crippen molar-refractivity contribution in [1.82, 2.24) is 14.5 Å². The second kappa shape index (κ2) is 6.24. The minimum atomic E-state index is -0.674. The third-order valence-electron chi connectivity index (χ3n) is 4.79. The van der Waals surface area contributed by atoms with Gasteiger partial charge in [-0.1, -0.05) is 0 Å². The second-order valence-corrected chi connectivity index (χ2v) is 6.38. The van der Waals surface area contributed by atoms with Gasteiger partial charge < -0.3 is 20.2 Å². The Bertz CT molecular complexity index is 899. The number of aromatic amines is 1. The van der Waals surface area contributed by atoms with Crippen molar-refractivity contribution in [3.8, 4) is 0 Å². The number of hydrogen-bond donors (Lipinski definition) is 2. The molecule has 0 radical (unpaired) electrons. The maximum Gasteiger partial charge on any atom is 0.316 e. The molecule has 1 amide bonds. The Morgan fingerprint density at radius 1 is 1.38 bits per heavy atom. The number of benzene rings is 1. The molecule has 1 aromatic heterocycles. The fourth-order valence-corrected chi connectivity index (χ4v) is 3.49. The molecule has 7 nitrogen and oxygen atoms in total. The highest BCUT2D eigenvalue weighted by atomic mass is 16.2. The molecule has 7 heteroatoms. The van der Waals surface area contributed by atoms with Crippen molar-refractivity contribution in [2.24, 2.45) is 11.7 Å². The van der Waals surface area contributed by atoms with Gasteiger partial charge in [-0.15, -0.1) is 0 Å². The van der Waals surface area contributed by atoms with Crippen LogP contribution in [0.15, 0.2) is 27.8 Å². The van der Waals surface area contributed by atoms with Gasteiger partial charge in [-0.3, -0.25) is 14.4 Å². The Morgan fingerprint density at radius 2 is 2.12 bits per heavy atom. The van der Waals surface area contributed by atoms with Gasteiger partial charge >= 0.3 is 11.1 Å². The summed E-state index contributed by atoms with van der Waals surface area (Å²) in [5, 5.41) is 0. The number of aryl methyl sites for hydroxylation is 1. The molecule has 0 saturated carbocycles. The first-order valence-corrected chi connectivity index (χ1v) is 8.24. The summed E-state index contributed by atoms with van der Waals surface area (Å²) in [6.45, 7) is 5.44. The summed E-state index contributed by atoms with van der Waals surface area (Å²) < 4.78 is 1.41. The lowest BCUT2D eigenvalue weighted by Crippen LogP contribution is -2.36. The van der Waals surface area contributed by atoms with Crippen LogP contribution in [-0.2, 0) is 6.54 Å². The van der Waals surface area contributed by atoms with Gasteiger partial charge in [0.15, 0.2) is 0 Å². The number of H-pyrrole nitrogens is 1. The van der Waals surface area contributed by atoms with Gasteiger partial charge in [0.1, 0.15) is 0 Å². The Labute approximate surface area is 139 Å². The van der Waals surface area contributed by atoms with Gasteiger partial charge in [-0.25, -0.2) is 0 Å². The van der Waals surface area contributed by atoms with Gasteiger partial charge in [0.25, 0.3) is 5.91 Å². The third kappa shape index (κ3) is 2.65. The Hall–Kier alpha value is -2.41. The molecule has 1 fully saturated rings. The fourth-order valence-electron chi connectivity index (χ4n) is 3.49. The van der Waals surface area contributed by atoms with Crippen LogP contribution >= 0.6 is 0 Å². The van der Waals surface area contributed by atoms with E-state index in [0.717, 1.165) is 6.42 Å². The molecule has 2 unspecified atom stereocenters. The number of fused-ring (bicyclic) bond motifs is 1. The highest BCUT2D eigenvalue weighted by Crippen LogP contribution is 2.24. The molecule has 0 spiro atoms. The molecule has 1 aliphatic heterocycles. The predicted octanol–water partition coefficient (Wildman–Crippen LogP) is 0.519. The van der Waals surface area contributed by atoms with Crippen LogP contribution in [0.25, 0.3) is 11.0 Å². The first kappa shape index (κ1) is 16.4. The van der Waals surface area contributed by atoms with Gasteiger partial charge in [0.05, 0.1) is 11.0 Å². The molecule has 2 heterocycles. The summed E-state index contributed by atoms with van der Waals surface area (Å²) in [7, 11) is 0. The zero-order valence-corrected chi connectivity index (χ0v) is 13.9. The first-order chi connectivity index (χ1) is 11.5. The second-order valence-electron chi connectivity index (χ2n) is 6.38. The van der Waals surface area contributed by atoms with E-state index in [-0.39, 0.29) is 11.9 Å². The monoisotopic (exact) mass is 330 g/mol. The van der Waals surface area contributed by atoms with E-state index in [1.54, 1.807) is 25.1 Å². The molecule has 2 aromatic rings. The van der Waals surface area contributed by atoms with E-state index in [4.69, 9.17) is 5.73 Å². The van der Waals surface area contributed by atoms with Crippen molar-refractivity contribution in [3.05, 3.63) is 44.5 Å². The molecule has 0 bridgehead atoms.